The molecule has 0 fully saturated rings. The SMILES string of the molecule is C=CCC(CCC(C)=O)OC(=O)C(C)OC.[B]. The third-order valence-electron chi connectivity index (χ3n) is 2.22. The smallest absolute Gasteiger partial charge is 0.335 e. The van der Waals surface area contributed by atoms with Crippen LogP contribution in [0.25, 0.3) is 0 Å². The van der Waals surface area contributed by atoms with Crippen molar-refractivity contribution in [2.75, 3.05) is 7.11 Å². The van der Waals surface area contributed by atoms with Gasteiger partial charge in [0.15, 0.2) is 6.10 Å². The van der Waals surface area contributed by atoms with E-state index in [0.717, 1.165) is 0 Å². The maximum absolute atomic E-state index is 11.4. The predicted molar refractivity (Wildman–Crippen MR) is 66.8 cm³/mol. The number of ether oxygens (including phenoxy) is 2. The molecule has 2 atom stereocenters. The summed E-state index contributed by atoms with van der Waals surface area (Å²) in [6, 6.07) is 0. The van der Waals surface area contributed by atoms with Crippen LogP contribution in [0.4, 0.5) is 0 Å². The van der Waals surface area contributed by atoms with Gasteiger partial charge >= 0.3 is 5.97 Å². The molecule has 0 rings (SSSR count). The molecule has 0 bridgehead atoms. The van der Waals surface area contributed by atoms with Crippen LogP contribution in [0.2, 0.25) is 0 Å². The molecule has 17 heavy (non-hydrogen) atoms. The van der Waals surface area contributed by atoms with Crippen molar-refractivity contribution < 1.29 is 19.1 Å². The molecule has 0 heterocycles. The van der Waals surface area contributed by atoms with Gasteiger partial charge in [-0.05, 0) is 20.3 Å². The lowest BCUT2D eigenvalue weighted by Gasteiger charge is -2.18. The minimum atomic E-state index is -0.579. The highest BCUT2D eigenvalue weighted by Gasteiger charge is 2.18. The van der Waals surface area contributed by atoms with E-state index >= 15 is 0 Å². The first-order valence-corrected chi connectivity index (χ1v) is 5.34. The highest BCUT2D eigenvalue weighted by Crippen LogP contribution is 2.10. The van der Waals surface area contributed by atoms with E-state index in [0.29, 0.717) is 19.3 Å². The van der Waals surface area contributed by atoms with Crippen molar-refractivity contribution in [3.8, 4) is 0 Å². The first kappa shape index (κ1) is 18.3. The van der Waals surface area contributed by atoms with Crippen molar-refractivity contribution in [3.05, 3.63) is 12.7 Å². The molecule has 0 aliphatic carbocycles. The lowest BCUT2D eigenvalue weighted by molar-refractivity contribution is -0.160. The standard InChI is InChI=1S/C12H20O4.B/c1-5-6-11(8-7-9(2)13)16-12(14)10(3)15-4;/h5,10-11H,1,6-8H2,2-4H3;. The third-order valence-corrected chi connectivity index (χ3v) is 2.22. The van der Waals surface area contributed by atoms with Gasteiger partial charge in [0, 0.05) is 28.4 Å². The minimum Gasteiger partial charge on any atom is -0.460 e. The molecule has 3 radical (unpaired) electrons. The van der Waals surface area contributed by atoms with Crippen LogP contribution < -0.4 is 0 Å². The number of carbonyl (C=O) groups is 2. The van der Waals surface area contributed by atoms with Gasteiger partial charge in [-0.15, -0.1) is 6.58 Å². The Hall–Kier alpha value is -1.10. The van der Waals surface area contributed by atoms with Crippen LogP contribution in [-0.4, -0.2) is 39.5 Å². The number of esters is 1. The molecule has 5 heteroatoms. The fraction of sp³-hybridized carbons (Fsp3) is 0.667. The van der Waals surface area contributed by atoms with E-state index in [1.165, 1.54) is 14.0 Å². The monoisotopic (exact) mass is 239 g/mol. The maximum atomic E-state index is 11.4. The number of methoxy groups -OCH3 is 1. The van der Waals surface area contributed by atoms with E-state index in [1.54, 1.807) is 13.0 Å². The molecule has 0 saturated heterocycles. The van der Waals surface area contributed by atoms with Gasteiger partial charge in [0.1, 0.15) is 11.9 Å². The summed E-state index contributed by atoms with van der Waals surface area (Å²) in [6.45, 7) is 6.73. The van der Waals surface area contributed by atoms with Gasteiger partial charge < -0.3 is 14.3 Å². The zero-order valence-corrected chi connectivity index (χ0v) is 10.8. The molecule has 0 aromatic heterocycles. The molecule has 4 nitrogen and oxygen atoms in total. The average Bonchev–Trinajstić information content (AvgIpc) is 2.24. The van der Waals surface area contributed by atoms with E-state index in [-0.39, 0.29) is 20.3 Å². The van der Waals surface area contributed by atoms with Gasteiger partial charge in [-0.1, -0.05) is 6.08 Å². The Morgan fingerprint density at radius 1 is 1.41 bits per heavy atom. The second-order valence-electron chi connectivity index (χ2n) is 3.70. The van der Waals surface area contributed by atoms with Crippen molar-refractivity contribution >= 4 is 20.2 Å². The second kappa shape index (κ2) is 10.1. The zero-order chi connectivity index (χ0) is 12.6. The van der Waals surface area contributed by atoms with Crippen LogP contribution in [0.15, 0.2) is 12.7 Å². The van der Waals surface area contributed by atoms with Gasteiger partial charge in [0.2, 0.25) is 0 Å². The van der Waals surface area contributed by atoms with Crippen LogP contribution in [0.3, 0.4) is 0 Å². The third kappa shape index (κ3) is 8.69. The Labute approximate surface area is 105 Å². The quantitative estimate of drug-likeness (QED) is 0.366. The Kier molecular flexibility index (Phi) is 10.8. The van der Waals surface area contributed by atoms with Gasteiger partial charge in [0.05, 0.1) is 0 Å². The summed E-state index contributed by atoms with van der Waals surface area (Å²) in [5.41, 5.74) is 0. The predicted octanol–water partition coefficient (Wildman–Crippen LogP) is 1.50. The van der Waals surface area contributed by atoms with Crippen LogP contribution in [0.5, 0.6) is 0 Å². The number of rotatable bonds is 8. The summed E-state index contributed by atoms with van der Waals surface area (Å²) in [7, 11) is 1.45. The van der Waals surface area contributed by atoms with Crippen molar-refractivity contribution in [2.45, 2.75) is 45.3 Å². The first-order chi connectivity index (χ1) is 7.51. The summed E-state index contributed by atoms with van der Waals surface area (Å²) in [4.78, 5) is 22.3. The molecule has 0 amide bonds. The number of hydrogen-bond donors (Lipinski definition) is 0. The van der Waals surface area contributed by atoms with E-state index in [9.17, 15) is 9.59 Å². The lowest BCUT2D eigenvalue weighted by Crippen LogP contribution is -2.27. The summed E-state index contributed by atoms with van der Waals surface area (Å²) in [6.07, 6.45) is 2.30. The first-order valence-electron chi connectivity index (χ1n) is 5.34. The zero-order valence-electron chi connectivity index (χ0n) is 10.8. The summed E-state index contributed by atoms with van der Waals surface area (Å²) in [5.74, 6) is -0.317. The fourth-order valence-electron chi connectivity index (χ4n) is 1.13. The van der Waals surface area contributed by atoms with E-state index in [4.69, 9.17) is 9.47 Å². The van der Waals surface area contributed by atoms with Crippen LogP contribution >= 0.6 is 0 Å². The fourth-order valence-corrected chi connectivity index (χ4v) is 1.13. The Morgan fingerprint density at radius 2 is 2.00 bits per heavy atom. The van der Waals surface area contributed by atoms with Gasteiger partial charge in [-0.2, -0.15) is 0 Å². The lowest BCUT2D eigenvalue weighted by atomic mass is 10.1. The van der Waals surface area contributed by atoms with Gasteiger partial charge in [-0.25, -0.2) is 4.79 Å². The van der Waals surface area contributed by atoms with E-state index in [2.05, 4.69) is 6.58 Å². The summed E-state index contributed by atoms with van der Waals surface area (Å²) in [5, 5.41) is 0. The molecule has 95 valence electrons. The van der Waals surface area contributed by atoms with Crippen LogP contribution in [0.1, 0.15) is 33.1 Å². The molecular formula is C12H20BO4. The van der Waals surface area contributed by atoms with Gasteiger partial charge in [-0.3, -0.25) is 0 Å². The van der Waals surface area contributed by atoms with Crippen LogP contribution in [-0.2, 0) is 19.1 Å². The Bertz CT molecular complexity index is 253. The molecule has 0 saturated carbocycles. The number of carbonyl (C=O) groups excluding carboxylic acids is 2. The number of hydrogen-bond acceptors (Lipinski definition) is 4. The minimum absolute atomic E-state index is 0. The van der Waals surface area contributed by atoms with Crippen LogP contribution in [0, 0.1) is 0 Å². The molecule has 0 aromatic rings. The Morgan fingerprint density at radius 3 is 2.41 bits per heavy atom. The molecule has 0 aliphatic rings. The largest absolute Gasteiger partial charge is 0.460 e. The highest BCUT2D eigenvalue weighted by atomic mass is 16.6. The number of ketones is 1. The average molecular weight is 239 g/mol. The summed E-state index contributed by atoms with van der Waals surface area (Å²) < 4.78 is 10.1. The molecule has 0 N–H and O–H groups in total. The molecule has 0 aliphatic heterocycles. The molecule has 0 spiro atoms. The summed E-state index contributed by atoms with van der Waals surface area (Å²) >= 11 is 0. The van der Waals surface area contributed by atoms with Crippen molar-refractivity contribution in [3.63, 3.8) is 0 Å². The van der Waals surface area contributed by atoms with Gasteiger partial charge in [0.25, 0.3) is 0 Å². The van der Waals surface area contributed by atoms with E-state index in [1.807, 2.05) is 0 Å². The Balaban J connectivity index is 0. The highest BCUT2D eigenvalue weighted by molar-refractivity contribution is 5.76. The van der Waals surface area contributed by atoms with Crippen molar-refractivity contribution in [1.82, 2.24) is 0 Å². The van der Waals surface area contributed by atoms with Crippen molar-refractivity contribution in [1.29, 1.82) is 0 Å². The molecule has 0 aromatic carbocycles. The van der Waals surface area contributed by atoms with Crippen molar-refractivity contribution in [2.24, 2.45) is 0 Å². The molecule has 2 unspecified atom stereocenters. The number of Topliss-reactive ketones (excluding diaryl/α,β-unsaturated/α-hetero) is 1. The normalized spacial score (nSPS) is 13.1. The second-order valence-corrected chi connectivity index (χ2v) is 3.70. The van der Waals surface area contributed by atoms with E-state index < -0.39 is 12.1 Å². The molecular weight excluding hydrogens is 219 g/mol. The topological polar surface area (TPSA) is 52.6 Å². The maximum Gasteiger partial charge on any atom is 0.335 e.